The highest BCUT2D eigenvalue weighted by Gasteiger charge is 2.23. The number of fused-ring (bicyclic) bond motifs is 2. The summed E-state index contributed by atoms with van der Waals surface area (Å²) in [5.74, 6) is 1.68. The molecule has 0 unspecified atom stereocenters. The first kappa shape index (κ1) is 19.3. The molecule has 29 heavy (non-hydrogen) atoms. The van der Waals surface area contributed by atoms with Crippen LogP contribution in [0.3, 0.4) is 0 Å². The Morgan fingerprint density at radius 2 is 1.83 bits per heavy atom. The molecule has 4 heterocycles. The van der Waals surface area contributed by atoms with E-state index in [2.05, 4.69) is 20.8 Å². The average molecular weight is 400 g/mol. The van der Waals surface area contributed by atoms with E-state index >= 15 is 0 Å². The van der Waals surface area contributed by atoms with Gasteiger partial charge in [0.2, 0.25) is 0 Å². The van der Waals surface area contributed by atoms with E-state index < -0.39 is 0 Å². The number of rotatable bonds is 6. The van der Waals surface area contributed by atoms with Crippen molar-refractivity contribution >= 4 is 11.5 Å². The van der Waals surface area contributed by atoms with Gasteiger partial charge in [-0.2, -0.15) is 9.61 Å². The summed E-state index contributed by atoms with van der Waals surface area (Å²) in [5, 5.41) is 8.77. The van der Waals surface area contributed by atoms with Crippen molar-refractivity contribution in [3.8, 4) is 0 Å². The number of ether oxygens (including phenoxy) is 2. The number of morpholine rings is 1. The van der Waals surface area contributed by atoms with Gasteiger partial charge in [-0.3, -0.25) is 4.90 Å². The van der Waals surface area contributed by atoms with Crippen LogP contribution in [0.15, 0.2) is 6.07 Å². The van der Waals surface area contributed by atoms with Gasteiger partial charge in [-0.05, 0) is 51.5 Å². The SMILES string of the molecule is c1c(C2CCOCC2)nn2c(NCCCN3CCOCC3)c3c(nc12)CCCC3. The summed E-state index contributed by atoms with van der Waals surface area (Å²) < 4.78 is 13.1. The van der Waals surface area contributed by atoms with Crippen molar-refractivity contribution in [3.63, 3.8) is 0 Å². The van der Waals surface area contributed by atoms with Gasteiger partial charge in [-0.15, -0.1) is 0 Å². The molecule has 2 saturated heterocycles. The summed E-state index contributed by atoms with van der Waals surface area (Å²) in [7, 11) is 0. The Labute approximate surface area is 172 Å². The number of nitrogens with zero attached hydrogens (tertiary/aromatic N) is 4. The highest BCUT2D eigenvalue weighted by atomic mass is 16.5. The van der Waals surface area contributed by atoms with Crippen molar-refractivity contribution in [1.82, 2.24) is 19.5 Å². The van der Waals surface area contributed by atoms with Gasteiger partial charge in [-0.1, -0.05) is 0 Å². The molecule has 0 saturated carbocycles. The van der Waals surface area contributed by atoms with Gasteiger partial charge in [0.15, 0.2) is 5.65 Å². The smallest absolute Gasteiger partial charge is 0.157 e. The molecular formula is C22H33N5O2. The van der Waals surface area contributed by atoms with E-state index in [1.54, 1.807) is 0 Å². The van der Waals surface area contributed by atoms with E-state index in [1.807, 2.05) is 0 Å². The normalized spacial score (nSPS) is 21.4. The lowest BCUT2D eigenvalue weighted by atomic mass is 9.96. The second-order valence-corrected chi connectivity index (χ2v) is 8.55. The van der Waals surface area contributed by atoms with E-state index in [1.165, 1.54) is 35.6 Å². The van der Waals surface area contributed by atoms with Crippen LogP contribution < -0.4 is 5.32 Å². The first-order valence-electron chi connectivity index (χ1n) is 11.4. The van der Waals surface area contributed by atoms with Crippen LogP contribution >= 0.6 is 0 Å². The summed E-state index contributed by atoms with van der Waals surface area (Å²) in [6.07, 6.45) is 7.94. The molecule has 0 bridgehead atoms. The molecule has 7 heteroatoms. The molecule has 3 aliphatic rings. The molecule has 0 radical (unpaired) electrons. The zero-order chi connectivity index (χ0) is 19.5. The third kappa shape index (κ3) is 4.27. The monoisotopic (exact) mass is 399 g/mol. The highest BCUT2D eigenvalue weighted by molar-refractivity contribution is 5.57. The minimum Gasteiger partial charge on any atom is -0.381 e. The summed E-state index contributed by atoms with van der Waals surface area (Å²) in [6, 6.07) is 2.21. The second-order valence-electron chi connectivity index (χ2n) is 8.55. The van der Waals surface area contributed by atoms with E-state index in [9.17, 15) is 0 Å². The molecule has 2 fully saturated rings. The molecule has 2 aromatic rings. The molecule has 1 aliphatic carbocycles. The van der Waals surface area contributed by atoms with Gasteiger partial charge >= 0.3 is 0 Å². The van der Waals surface area contributed by atoms with Gasteiger partial charge in [0, 0.05) is 56.1 Å². The van der Waals surface area contributed by atoms with Crippen molar-refractivity contribution in [2.24, 2.45) is 0 Å². The summed E-state index contributed by atoms with van der Waals surface area (Å²) in [4.78, 5) is 7.50. The Bertz CT molecular complexity index is 824. The second kappa shape index (κ2) is 8.98. The number of hydrogen-bond acceptors (Lipinski definition) is 6. The van der Waals surface area contributed by atoms with Gasteiger partial charge in [0.25, 0.3) is 0 Å². The zero-order valence-electron chi connectivity index (χ0n) is 17.4. The Morgan fingerprint density at radius 1 is 1.03 bits per heavy atom. The summed E-state index contributed by atoms with van der Waals surface area (Å²) in [6.45, 7) is 7.63. The quantitative estimate of drug-likeness (QED) is 0.754. The van der Waals surface area contributed by atoms with Crippen molar-refractivity contribution in [2.45, 2.75) is 50.9 Å². The fourth-order valence-corrected chi connectivity index (χ4v) is 4.88. The number of anilines is 1. The molecule has 7 nitrogen and oxygen atoms in total. The van der Waals surface area contributed by atoms with Crippen molar-refractivity contribution in [2.75, 3.05) is 57.9 Å². The standard InChI is InChI=1S/C22H33N5O2/c1-2-5-19-18(4-1)22(23-8-3-9-26-10-14-29-15-11-26)27-21(24-19)16-20(25-27)17-6-12-28-13-7-17/h16-17,23H,1-15H2. The first-order chi connectivity index (χ1) is 14.4. The maximum Gasteiger partial charge on any atom is 0.157 e. The molecule has 0 amide bonds. The Morgan fingerprint density at radius 3 is 2.69 bits per heavy atom. The van der Waals surface area contributed by atoms with Crippen LogP contribution in [0.25, 0.3) is 5.65 Å². The highest BCUT2D eigenvalue weighted by Crippen LogP contribution is 2.31. The Balaban J connectivity index is 1.35. The van der Waals surface area contributed by atoms with Crippen molar-refractivity contribution in [1.29, 1.82) is 0 Å². The minimum absolute atomic E-state index is 0.497. The van der Waals surface area contributed by atoms with E-state index in [-0.39, 0.29) is 0 Å². The third-order valence-electron chi connectivity index (χ3n) is 6.58. The predicted octanol–water partition coefficient (Wildman–Crippen LogP) is 2.64. The lowest BCUT2D eigenvalue weighted by Crippen LogP contribution is -2.37. The van der Waals surface area contributed by atoms with E-state index in [0.29, 0.717) is 5.92 Å². The molecule has 1 N–H and O–H groups in total. The van der Waals surface area contributed by atoms with Gasteiger partial charge in [-0.25, -0.2) is 4.98 Å². The molecule has 158 valence electrons. The van der Waals surface area contributed by atoms with Gasteiger partial charge < -0.3 is 14.8 Å². The van der Waals surface area contributed by atoms with Crippen LogP contribution in [0.1, 0.15) is 55.0 Å². The van der Waals surface area contributed by atoms with E-state index in [0.717, 1.165) is 90.4 Å². The predicted molar refractivity (Wildman–Crippen MR) is 113 cm³/mol. The summed E-state index contributed by atoms with van der Waals surface area (Å²) in [5.41, 5.74) is 4.84. The Hall–Kier alpha value is -1.70. The Kier molecular flexibility index (Phi) is 5.97. The number of nitrogens with one attached hydrogen (secondary N) is 1. The number of aryl methyl sites for hydroxylation is 1. The van der Waals surface area contributed by atoms with Crippen LogP contribution in [0.4, 0.5) is 5.82 Å². The van der Waals surface area contributed by atoms with Crippen LogP contribution in [0, 0.1) is 0 Å². The fourth-order valence-electron chi connectivity index (χ4n) is 4.88. The lowest BCUT2D eigenvalue weighted by molar-refractivity contribution is 0.0378. The summed E-state index contributed by atoms with van der Waals surface area (Å²) >= 11 is 0. The number of aromatic nitrogens is 3. The molecule has 0 atom stereocenters. The van der Waals surface area contributed by atoms with Crippen LogP contribution in [-0.4, -0.2) is 72.1 Å². The molecule has 0 spiro atoms. The maximum atomic E-state index is 5.54. The van der Waals surface area contributed by atoms with Crippen LogP contribution in [0.5, 0.6) is 0 Å². The fraction of sp³-hybridized carbons (Fsp3) is 0.727. The first-order valence-corrected chi connectivity index (χ1v) is 11.4. The lowest BCUT2D eigenvalue weighted by Gasteiger charge is -2.26. The zero-order valence-corrected chi connectivity index (χ0v) is 17.4. The molecular weight excluding hydrogens is 366 g/mol. The topological polar surface area (TPSA) is 63.9 Å². The molecule has 5 rings (SSSR count). The average Bonchev–Trinajstić information content (AvgIpc) is 3.21. The minimum atomic E-state index is 0.497. The van der Waals surface area contributed by atoms with Crippen LogP contribution in [-0.2, 0) is 22.3 Å². The molecule has 0 aromatic carbocycles. The molecule has 2 aromatic heterocycles. The van der Waals surface area contributed by atoms with E-state index in [4.69, 9.17) is 19.6 Å². The van der Waals surface area contributed by atoms with Crippen LogP contribution in [0.2, 0.25) is 0 Å². The van der Waals surface area contributed by atoms with Crippen molar-refractivity contribution in [3.05, 3.63) is 23.0 Å². The van der Waals surface area contributed by atoms with Gasteiger partial charge in [0.05, 0.1) is 18.9 Å². The van der Waals surface area contributed by atoms with Gasteiger partial charge in [0.1, 0.15) is 5.82 Å². The largest absolute Gasteiger partial charge is 0.381 e. The molecule has 2 aliphatic heterocycles. The third-order valence-corrected chi connectivity index (χ3v) is 6.58. The maximum absolute atomic E-state index is 5.54. The van der Waals surface area contributed by atoms with Crippen molar-refractivity contribution < 1.29 is 9.47 Å². The number of hydrogen-bond donors (Lipinski definition) is 1.